The first-order chi connectivity index (χ1) is 12.6. The highest BCUT2D eigenvalue weighted by atomic mass is 19.1. The number of benzene rings is 2. The van der Waals surface area contributed by atoms with Gasteiger partial charge in [0.1, 0.15) is 17.2 Å². The molecule has 0 saturated carbocycles. The fraction of sp³-hybridized carbons (Fsp3) is 0.200. The summed E-state index contributed by atoms with van der Waals surface area (Å²) in [6, 6.07) is 12.3. The van der Waals surface area contributed by atoms with Gasteiger partial charge in [0.15, 0.2) is 5.88 Å². The fourth-order valence-corrected chi connectivity index (χ4v) is 3.26. The summed E-state index contributed by atoms with van der Waals surface area (Å²) in [6.07, 6.45) is 2.88. The largest absolute Gasteiger partial charge is 0.494 e. The SMILES string of the molecule is CCCn1cc2cc(-c3nnn(-c4ccccc4F)c3C)ccc2c1O. The topological polar surface area (TPSA) is 55.9 Å². The summed E-state index contributed by atoms with van der Waals surface area (Å²) in [5, 5.41) is 20.4. The van der Waals surface area contributed by atoms with Gasteiger partial charge in [0, 0.05) is 29.1 Å². The van der Waals surface area contributed by atoms with E-state index < -0.39 is 0 Å². The van der Waals surface area contributed by atoms with E-state index in [1.165, 1.54) is 10.7 Å². The van der Waals surface area contributed by atoms with Crippen LogP contribution in [0.3, 0.4) is 0 Å². The highest BCUT2D eigenvalue weighted by molar-refractivity contribution is 5.91. The number of aromatic hydroxyl groups is 1. The van der Waals surface area contributed by atoms with E-state index in [1.54, 1.807) is 18.2 Å². The highest BCUT2D eigenvalue weighted by Gasteiger charge is 2.16. The third-order valence-electron chi connectivity index (χ3n) is 4.57. The lowest BCUT2D eigenvalue weighted by Gasteiger charge is -2.05. The molecule has 0 spiro atoms. The molecule has 2 heterocycles. The Morgan fingerprint density at radius 1 is 1.15 bits per heavy atom. The van der Waals surface area contributed by atoms with Crippen molar-refractivity contribution in [3.63, 3.8) is 0 Å². The average molecular weight is 350 g/mol. The molecular formula is C20H19FN4O. The zero-order valence-electron chi connectivity index (χ0n) is 14.6. The quantitative estimate of drug-likeness (QED) is 0.591. The molecule has 1 N–H and O–H groups in total. The molecule has 5 nitrogen and oxygen atoms in total. The van der Waals surface area contributed by atoms with Gasteiger partial charge in [-0.3, -0.25) is 0 Å². The Balaban J connectivity index is 1.80. The number of para-hydroxylation sites is 1. The second-order valence-electron chi connectivity index (χ2n) is 6.33. The molecular weight excluding hydrogens is 331 g/mol. The number of hydrogen-bond acceptors (Lipinski definition) is 3. The lowest BCUT2D eigenvalue weighted by atomic mass is 10.1. The van der Waals surface area contributed by atoms with Gasteiger partial charge in [0.2, 0.25) is 0 Å². The van der Waals surface area contributed by atoms with Crippen molar-refractivity contribution in [2.45, 2.75) is 26.8 Å². The van der Waals surface area contributed by atoms with Crippen LogP contribution in [0.5, 0.6) is 5.88 Å². The summed E-state index contributed by atoms with van der Waals surface area (Å²) < 4.78 is 17.4. The van der Waals surface area contributed by atoms with Crippen LogP contribution in [0.1, 0.15) is 19.0 Å². The minimum absolute atomic E-state index is 0.278. The van der Waals surface area contributed by atoms with Crippen molar-refractivity contribution >= 4 is 10.8 Å². The Kier molecular flexibility index (Phi) is 3.95. The number of halogens is 1. The molecule has 0 fully saturated rings. The monoisotopic (exact) mass is 350 g/mol. The Morgan fingerprint density at radius 2 is 1.96 bits per heavy atom. The highest BCUT2D eigenvalue weighted by Crippen LogP contribution is 2.32. The van der Waals surface area contributed by atoms with Crippen LogP contribution in [0.25, 0.3) is 27.7 Å². The van der Waals surface area contributed by atoms with Crippen LogP contribution >= 0.6 is 0 Å². The molecule has 6 heteroatoms. The van der Waals surface area contributed by atoms with Crippen LogP contribution in [0.2, 0.25) is 0 Å². The van der Waals surface area contributed by atoms with Crippen LogP contribution in [0, 0.1) is 12.7 Å². The predicted octanol–water partition coefficient (Wildman–Crippen LogP) is 4.45. The van der Waals surface area contributed by atoms with Crippen LogP contribution in [-0.2, 0) is 6.54 Å². The summed E-state index contributed by atoms with van der Waals surface area (Å²) in [4.78, 5) is 0. The van der Waals surface area contributed by atoms with E-state index in [0.29, 0.717) is 11.4 Å². The summed E-state index contributed by atoms with van der Waals surface area (Å²) in [6.45, 7) is 4.70. The third-order valence-corrected chi connectivity index (χ3v) is 4.57. The number of nitrogens with zero attached hydrogens (tertiary/aromatic N) is 4. The van der Waals surface area contributed by atoms with Gasteiger partial charge in [0.25, 0.3) is 0 Å². The van der Waals surface area contributed by atoms with E-state index >= 15 is 0 Å². The van der Waals surface area contributed by atoms with Gasteiger partial charge < -0.3 is 9.67 Å². The molecule has 2 aromatic heterocycles. The van der Waals surface area contributed by atoms with Crippen LogP contribution in [0.4, 0.5) is 4.39 Å². The maximum absolute atomic E-state index is 14.1. The molecule has 0 saturated heterocycles. The molecule has 0 atom stereocenters. The van der Waals surface area contributed by atoms with Gasteiger partial charge >= 0.3 is 0 Å². The van der Waals surface area contributed by atoms with E-state index in [0.717, 1.165) is 35.0 Å². The molecule has 0 unspecified atom stereocenters. The maximum atomic E-state index is 14.1. The van der Waals surface area contributed by atoms with Gasteiger partial charge in [-0.1, -0.05) is 30.3 Å². The summed E-state index contributed by atoms with van der Waals surface area (Å²) in [5.41, 5.74) is 2.70. The van der Waals surface area contributed by atoms with Crippen molar-refractivity contribution < 1.29 is 9.50 Å². The second-order valence-corrected chi connectivity index (χ2v) is 6.33. The standard InChI is InChI=1S/C20H19FN4O/c1-3-10-24-12-15-11-14(8-9-16(15)20(24)26)19-13(2)25(23-22-19)18-7-5-4-6-17(18)21/h4-9,11-12,26H,3,10H2,1-2H3. The average Bonchev–Trinajstić information content (AvgIpc) is 3.16. The van der Waals surface area contributed by atoms with Crippen molar-refractivity contribution in [3.05, 3.63) is 60.2 Å². The number of fused-ring (bicyclic) bond motifs is 1. The molecule has 26 heavy (non-hydrogen) atoms. The summed E-state index contributed by atoms with van der Waals surface area (Å²) in [5.74, 6) is -0.0656. The Hall–Kier alpha value is -3.15. The second kappa shape index (κ2) is 6.29. The summed E-state index contributed by atoms with van der Waals surface area (Å²) in [7, 11) is 0. The van der Waals surface area contributed by atoms with E-state index in [4.69, 9.17) is 0 Å². The zero-order valence-corrected chi connectivity index (χ0v) is 14.6. The van der Waals surface area contributed by atoms with Gasteiger partial charge in [-0.2, -0.15) is 0 Å². The Labute approximate surface area is 150 Å². The van der Waals surface area contributed by atoms with Crippen molar-refractivity contribution in [2.24, 2.45) is 0 Å². The molecule has 0 radical (unpaired) electrons. The molecule has 0 amide bonds. The Morgan fingerprint density at radius 3 is 2.73 bits per heavy atom. The van der Waals surface area contributed by atoms with Gasteiger partial charge in [-0.25, -0.2) is 9.07 Å². The molecule has 2 aromatic carbocycles. The first kappa shape index (κ1) is 16.3. The summed E-state index contributed by atoms with van der Waals surface area (Å²) >= 11 is 0. The van der Waals surface area contributed by atoms with Crippen LogP contribution in [0.15, 0.2) is 48.7 Å². The van der Waals surface area contributed by atoms with Crippen molar-refractivity contribution in [2.75, 3.05) is 0 Å². The van der Waals surface area contributed by atoms with E-state index in [9.17, 15) is 9.50 Å². The normalized spacial score (nSPS) is 11.3. The Bertz CT molecular complexity index is 1100. The van der Waals surface area contributed by atoms with E-state index in [1.807, 2.05) is 35.9 Å². The lowest BCUT2D eigenvalue weighted by Crippen LogP contribution is -2.01. The van der Waals surface area contributed by atoms with Gasteiger partial charge in [-0.15, -0.1) is 5.10 Å². The smallest absolute Gasteiger partial charge is 0.199 e. The van der Waals surface area contributed by atoms with Crippen molar-refractivity contribution in [1.29, 1.82) is 0 Å². The molecule has 0 aliphatic carbocycles. The molecule has 0 aliphatic heterocycles. The predicted molar refractivity (Wildman–Crippen MR) is 98.9 cm³/mol. The molecule has 4 aromatic rings. The zero-order chi connectivity index (χ0) is 18.3. The fourth-order valence-electron chi connectivity index (χ4n) is 3.26. The number of aromatic nitrogens is 4. The molecule has 0 aliphatic rings. The number of aryl methyl sites for hydroxylation is 1. The van der Waals surface area contributed by atoms with Crippen molar-refractivity contribution in [1.82, 2.24) is 19.6 Å². The number of hydrogen-bond donors (Lipinski definition) is 1. The van der Waals surface area contributed by atoms with Crippen LogP contribution < -0.4 is 0 Å². The molecule has 4 rings (SSSR count). The maximum Gasteiger partial charge on any atom is 0.199 e. The van der Waals surface area contributed by atoms with Crippen LogP contribution in [-0.4, -0.2) is 24.7 Å². The molecule has 0 bridgehead atoms. The van der Waals surface area contributed by atoms with E-state index in [-0.39, 0.29) is 11.7 Å². The lowest BCUT2D eigenvalue weighted by molar-refractivity contribution is 0.421. The third kappa shape index (κ3) is 2.54. The van der Waals surface area contributed by atoms with Crippen molar-refractivity contribution in [3.8, 4) is 22.8 Å². The minimum Gasteiger partial charge on any atom is -0.494 e. The first-order valence-corrected chi connectivity index (χ1v) is 8.59. The molecule has 132 valence electrons. The minimum atomic E-state index is -0.343. The first-order valence-electron chi connectivity index (χ1n) is 8.59. The van der Waals surface area contributed by atoms with Gasteiger partial charge in [-0.05, 0) is 37.6 Å². The number of rotatable bonds is 4. The van der Waals surface area contributed by atoms with E-state index in [2.05, 4.69) is 17.2 Å². The van der Waals surface area contributed by atoms with Gasteiger partial charge in [0.05, 0.1) is 5.69 Å².